The summed E-state index contributed by atoms with van der Waals surface area (Å²) in [7, 11) is 0. The Balaban J connectivity index is 3.50. The fraction of sp³-hybridized carbons (Fsp3) is 0.778. The highest BCUT2D eigenvalue weighted by Crippen LogP contribution is 2.00. The molecule has 0 heterocycles. The molecule has 0 aromatic heterocycles. The van der Waals surface area contributed by atoms with E-state index in [0.717, 1.165) is 6.42 Å². The fourth-order valence-electron chi connectivity index (χ4n) is 0.764. The Hall–Kier alpha value is -0.700. The first kappa shape index (κ1) is 11.3. The summed E-state index contributed by atoms with van der Waals surface area (Å²) in [6.45, 7) is 5.99. The number of rotatable bonds is 6. The minimum absolute atomic E-state index is 0.0620. The van der Waals surface area contributed by atoms with E-state index in [-0.39, 0.29) is 17.5 Å². The standard InChI is InChI=1S/C9H17NO2/c1-4-7(2)9(12)6-10-5-8(3)11/h7,10H,4-6H2,1-3H3. The summed E-state index contributed by atoms with van der Waals surface area (Å²) in [5.74, 6) is 0.343. The zero-order valence-electron chi connectivity index (χ0n) is 8.02. The summed E-state index contributed by atoms with van der Waals surface area (Å²) in [5.41, 5.74) is 0. The molecule has 0 aromatic rings. The maximum absolute atomic E-state index is 11.2. The van der Waals surface area contributed by atoms with Crippen molar-refractivity contribution in [3.05, 3.63) is 0 Å². The molecule has 1 N–H and O–H groups in total. The Morgan fingerprint density at radius 1 is 1.33 bits per heavy atom. The molecule has 1 atom stereocenters. The first-order valence-corrected chi connectivity index (χ1v) is 4.30. The second kappa shape index (κ2) is 5.89. The first-order chi connectivity index (χ1) is 5.57. The topological polar surface area (TPSA) is 46.2 Å². The summed E-state index contributed by atoms with van der Waals surface area (Å²) in [6, 6.07) is 0. The Labute approximate surface area is 73.5 Å². The number of hydrogen-bond acceptors (Lipinski definition) is 3. The van der Waals surface area contributed by atoms with Gasteiger partial charge in [-0.25, -0.2) is 0 Å². The van der Waals surface area contributed by atoms with Crippen molar-refractivity contribution in [3.8, 4) is 0 Å². The molecule has 3 nitrogen and oxygen atoms in total. The number of hydrogen-bond donors (Lipinski definition) is 1. The van der Waals surface area contributed by atoms with Crippen molar-refractivity contribution < 1.29 is 9.59 Å². The molecule has 0 spiro atoms. The number of carbonyl (C=O) groups is 2. The van der Waals surface area contributed by atoms with Crippen LogP contribution in [0, 0.1) is 5.92 Å². The van der Waals surface area contributed by atoms with Crippen LogP contribution in [0.25, 0.3) is 0 Å². The third-order valence-electron chi connectivity index (χ3n) is 1.84. The van der Waals surface area contributed by atoms with Gasteiger partial charge in [-0.1, -0.05) is 13.8 Å². The lowest BCUT2D eigenvalue weighted by molar-refractivity contribution is -0.121. The van der Waals surface area contributed by atoms with E-state index in [4.69, 9.17) is 0 Å². The maximum atomic E-state index is 11.2. The summed E-state index contributed by atoms with van der Waals surface area (Å²) < 4.78 is 0. The Kier molecular flexibility index (Phi) is 5.54. The van der Waals surface area contributed by atoms with Gasteiger partial charge in [0.2, 0.25) is 0 Å². The number of Topliss-reactive ketones (excluding diaryl/α,β-unsaturated/α-hetero) is 2. The lowest BCUT2D eigenvalue weighted by atomic mass is 10.0. The highest BCUT2D eigenvalue weighted by molar-refractivity contribution is 5.83. The second-order valence-corrected chi connectivity index (χ2v) is 3.08. The van der Waals surface area contributed by atoms with Crippen LogP contribution in [0.1, 0.15) is 27.2 Å². The molecule has 0 saturated carbocycles. The van der Waals surface area contributed by atoms with Gasteiger partial charge < -0.3 is 5.32 Å². The Morgan fingerprint density at radius 3 is 2.33 bits per heavy atom. The minimum Gasteiger partial charge on any atom is -0.303 e. The molecule has 70 valence electrons. The average molecular weight is 171 g/mol. The molecule has 0 aromatic carbocycles. The van der Waals surface area contributed by atoms with E-state index >= 15 is 0 Å². The van der Waals surface area contributed by atoms with Crippen LogP contribution in [0.4, 0.5) is 0 Å². The Morgan fingerprint density at radius 2 is 1.92 bits per heavy atom. The molecule has 0 bridgehead atoms. The lowest BCUT2D eigenvalue weighted by Gasteiger charge is -2.06. The predicted octanol–water partition coefficient (Wildman–Crippen LogP) is 0.780. The van der Waals surface area contributed by atoms with Crippen molar-refractivity contribution in [2.45, 2.75) is 27.2 Å². The van der Waals surface area contributed by atoms with Crippen LogP contribution in [0.5, 0.6) is 0 Å². The van der Waals surface area contributed by atoms with E-state index in [0.29, 0.717) is 13.1 Å². The van der Waals surface area contributed by atoms with Gasteiger partial charge in [0.25, 0.3) is 0 Å². The third kappa shape index (κ3) is 5.02. The van der Waals surface area contributed by atoms with E-state index in [1.807, 2.05) is 13.8 Å². The molecule has 0 radical (unpaired) electrons. The van der Waals surface area contributed by atoms with Gasteiger partial charge in [-0.3, -0.25) is 9.59 Å². The van der Waals surface area contributed by atoms with Gasteiger partial charge in [0.15, 0.2) is 0 Å². The highest BCUT2D eigenvalue weighted by Gasteiger charge is 2.09. The largest absolute Gasteiger partial charge is 0.303 e. The zero-order valence-corrected chi connectivity index (χ0v) is 8.02. The molecule has 1 unspecified atom stereocenters. The van der Waals surface area contributed by atoms with Gasteiger partial charge in [0.1, 0.15) is 11.6 Å². The van der Waals surface area contributed by atoms with Gasteiger partial charge in [0, 0.05) is 5.92 Å². The van der Waals surface area contributed by atoms with Crippen molar-refractivity contribution >= 4 is 11.6 Å². The van der Waals surface area contributed by atoms with E-state index in [9.17, 15) is 9.59 Å². The molecular weight excluding hydrogens is 154 g/mol. The van der Waals surface area contributed by atoms with Gasteiger partial charge >= 0.3 is 0 Å². The fourth-order valence-corrected chi connectivity index (χ4v) is 0.764. The molecule has 0 saturated heterocycles. The molecule has 0 amide bonds. The molecule has 0 aliphatic carbocycles. The van der Waals surface area contributed by atoms with Gasteiger partial charge in [-0.2, -0.15) is 0 Å². The van der Waals surface area contributed by atoms with E-state index in [1.54, 1.807) is 0 Å². The van der Waals surface area contributed by atoms with Gasteiger partial charge in [-0.15, -0.1) is 0 Å². The summed E-state index contributed by atoms with van der Waals surface area (Å²) in [6.07, 6.45) is 0.862. The van der Waals surface area contributed by atoms with Crippen LogP contribution < -0.4 is 5.32 Å². The molecule has 3 heteroatoms. The average Bonchev–Trinajstić information content (AvgIpc) is 2.02. The smallest absolute Gasteiger partial charge is 0.149 e. The monoisotopic (exact) mass is 171 g/mol. The van der Waals surface area contributed by atoms with Crippen LogP contribution in [-0.4, -0.2) is 24.7 Å². The van der Waals surface area contributed by atoms with E-state index in [2.05, 4.69) is 5.32 Å². The Bertz CT molecular complexity index is 166. The van der Waals surface area contributed by atoms with Crippen LogP contribution in [0.3, 0.4) is 0 Å². The summed E-state index contributed by atoms with van der Waals surface area (Å²) >= 11 is 0. The van der Waals surface area contributed by atoms with Crippen molar-refractivity contribution in [2.75, 3.05) is 13.1 Å². The van der Waals surface area contributed by atoms with Crippen LogP contribution in [-0.2, 0) is 9.59 Å². The minimum atomic E-state index is 0.0620. The number of nitrogens with one attached hydrogen (secondary N) is 1. The third-order valence-corrected chi connectivity index (χ3v) is 1.84. The van der Waals surface area contributed by atoms with Gasteiger partial charge in [0.05, 0.1) is 13.1 Å². The van der Waals surface area contributed by atoms with E-state index < -0.39 is 0 Å². The molecule has 0 aliphatic heterocycles. The van der Waals surface area contributed by atoms with Gasteiger partial charge in [-0.05, 0) is 13.3 Å². The second-order valence-electron chi connectivity index (χ2n) is 3.08. The SMILES string of the molecule is CCC(C)C(=O)CNCC(C)=O. The molecule has 0 aliphatic rings. The van der Waals surface area contributed by atoms with Crippen molar-refractivity contribution in [3.63, 3.8) is 0 Å². The van der Waals surface area contributed by atoms with Crippen LogP contribution in [0.15, 0.2) is 0 Å². The maximum Gasteiger partial charge on any atom is 0.149 e. The predicted molar refractivity (Wildman–Crippen MR) is 48.0 cm³/mol. The van der Waals surface area contributed by atoms with Crippen molar-refractivity contribution in [1.82, 2.24) is 5.32 Å². The lowest BCUT2D eigenvalue weighted by Crippen LogP contribution is -2.30. The summed E-state index contributed by atoms with van der Waals surface area (Å²) in [5, 5.41) is 2.80. The number of carbonyl (C=O) groups excluding carboxylic acids is 2. The van der Waals surface area contributed by atoms with Crippen LogP contribution >= 0.6 is 0 Å². The highest BCUT2D eigenvalue weighted by atomic mass is 16.1. The van der Waals surface area contributed by atoms with Crippen molar-refractivity contribution in [2.24, 2.45) is 5.92 Å². The molecule has 0 fully saturated rings. The quantitative estimate of drug-likeness (QED) is 0.642. The zero-order chi connectivity index (χ0) is 9.56. The molecule has 0 rings (SSSR count). The van der Waals surface area contributed by atoms with E-state index in [1.165, 1.54) is 6.92 Å². The molecular formula is C9H17NO2. The normalized spacial score (nSPS) is 12.6. The first-order valence-electron chi connectivity index (χ1n) is 4.30. The van der Waals surface area contributed by atoms with Crippen LogP contribution in [0.2, 0.25) is 0 Å². The summed E-state index contributed by atoms with van der Waals surface area (Å²) in [4.78, 5) is 21.7. The van der Waals surface area contributed by atoms with Crippen molar-refractivity contribution in [1.29, 1.82) is 0 Å². The number of ketones is 2. The molecule has 12 heavy (non-hydrogen) atoms.